The largest absolute Gasteiger partial charge is 0.507 e. The van der Waals surface area contributed by atoms with Crippen LogP contribution in [0.25, 0.3) is 5.69 Å². The van der Waals surface area contributed by atoms with Crippen molar-refractivity contribution in [2.75, 3.05) is 13.1 Å². The molecule has 0 fully saturated rings. The molecule has 0 saturated carbocycles. The van der Waals surface area contributed by atoms with E-state index in [1.165, 1.54) is 22.5 Å². The number of aromatic amines is 1. The van der Waals surface area contributed by atoms with Crippen LogP contribution < -0.4 is 16.0 Å². The summed E-state index contributed by atoms with van der Waals surface area (Å²) in [7, 11) is -3.91. The molecule has 2 N–H and O–H groups in total. The second-order valence-corrected chi connectivity index (χ2v) is 10.0. The van der Waals surface area contributed by atoms with Crippen molar-refractivity contribution in [3.63, 3.8) is 0 Å². The Kier molecular flexibility index (Phi) is 7.22. The van der Waals surface area contributed by atoms with Gasteiger partial charge in [0.1, 0.15) is 22.6 Å². The van der Waals surface area contributed by atoms with Gasteiger partial charge in [0.15, 0.2) is 5.75 Å². The lowest BCUT2D eigenvalue weighted by Gasteiger charge is -2.20. The predicted octanol–water partition coefficient (Wildman–Crippen LogP) is 2.97. The second-order valence-electron chi connectivity index (χ2n) is 6.41. The number of aromatic hydroxyl groups is 1. The van der Waals surface area contributed by atoms with Gasteiger partial charge in [-0.1, -0.05) is 13.8 Å². The fraction of sp³-hybridized carbons (Fsp3) is 0.211. The second kappa shape index (κ2) is 9.57. The highest BCUT2D eigenvalue weighted by Gasteiger charge is 2.26. The van der Waals surface area contributed by atoms with Crippen molar-refractivity contribution in [3.05, 3.63) is 66.3 Å². The number of nitrogens with zero attached hydrogens (tertiary/aromatic N) is 3. The van der Waals surface area contributed by atoms with Gasteiger partial charge in [-0.25, -0.2) is 13.2 Å². The lowest BCUT2D eigenvalue weighted by atomic mass is 10.3. The molecule has 13 heteroatoms. The van der Waals surface area contributed by atoms with E-state index in [-0.39, 0.29) is 29.5 Å². The van der Waals surface area contributed by atoms with Crippen LogP contribution in [0.5, 0.6) is 17.2 Å². The van der Waals surface area contributed by atoms with Gasteiger partial charge in [0.05, 0.1) is 14.6 Å². The Morgan fingerprint density at radius 2 is 1.75 bits per heavy atom. The molecular weight excluding hydrogens is 572 g/mol. The van der Waals surface area contributed by atoms with Gasteiger partial charge in [0, 0.05) is 19.2 Å². The van der Waals surface area contributed by atoms with Gasteiger partial charge in [-0.15, -0.1) is 0 Å². The molecule has 0 unspecified atom stereocenters. The van der Waals surface area contributed by atoms with Gasteiger partial charge in [-0.05, 0) is 56.1 Å². The Hall–Kier alpha value is -2.48. The zero-order chi connectivity index (χ0) is 23.6. The van der Waals surface area contributed by atoms with Crippen LogP contribution in [0.4, 0.5) is 0 Å². The van der Waals surface area contributed by atoms with Gasteiger partial charge in [0.25, 0.3) is 5.56 Å². The number of benzene rings is 2. The molecule has 0 saturated heterocycles. The van der Waals surface area contributed by atoms with E-state index in [0.717, 1.165) is 10.9 Å². The van der Waals surface area contributed by atoms with Gasteiger partial charge in [-0.2, -0.15) is 14.1 Å². The maximum absolute atomic E-state index is 12.8. The van der Waals surface area contributed by atoms with Crippen LogP contribution >= 0.6 is 31.9 Å². The molecule has 1 aromatic heterocycles. The summed E-state index contributed by atoms with van der Waals surface area (Å²) < 4.78 is 34.6. The number of hydrogen-bond donors (Lipinski definition) is 2. The molecule has 0 aliphatic heterocycles. The minimum atomic E-state index is -3.91. The number of rotatable bonds is 7. The zero-order valence-electron chi connectivity index (χ0n) is 16.9. The van der Waals surface area contributed by atoms with Crippen molar-refractivity contribution in [1.82, 2.24) is 19.1 Å². The quantitative estimate of drug-likeness (QED) is 0.432. The van der Waals surface area contributed by atoms with E-state index in [0.29, 0.717) is 20.4 Å². The van der Waals surface area contributed by atoms with Crippen molar-refractivity contribution in [2.45, 2.75) is 18.7 Å². The van der Waals surface area contributed by atoms with Crippen molar-refractivity contribution in [2.24, 2.45) is 0 Å². The van der Waals surface area contributed by atoms with Crippen LogP contribution in [0.2, 0.25) is 0 Å². The van der Waals surface area contributed by atoms with E-state index in [1.807, 2.05) is 0 Å². The van der Waals surface area contributed by atoms with Crippen LogP contribution in [-0.4, -0.2) is 45.7 Å². The summed E-state index contributed by atoms with van der Waals surface area (Å²) in [6, 6.07) is 6.99. The molecule has 2 aromatic carbocycles. The number of hydrogen-bond acceptors (Lipinski definition) is 7. The highest BCUT2D eigenvalue weighted by molar-refractivity contribution is 9.11. The normalized spacial score (nSPS) is 11.7. The fourth-order valence-electron chi connectivity index (χ4n) is 2.89. The lowest BCUT2D eigenvalue weighted by molar-refractivity contribution is 0.424. The Morgan fingerprint density at radius 1 is 1.12 bits per heavy atom. The molecule has 3 rings (SSSR count). The van der Waals surface area contributed by atoms with Crippen LogP contribution in [0.15, 0.2) is 60.0 Å². The van der Waals surface area contributed by atoms with E-state index in [9.17, 15) is 23.1 Å². The molecule has 0 atom stereocenters. The minimum absolute atomic E-state index is 0.169. The van der Waals surface area contributed by atoms with Crippen molar-refractivity contribution >= 4 is 41.9 Å². The molecule has 1 heterocycles. The molecule has 0 bridgehead atoms. The summed E-state index contributed by atoms with van der Waals surface area (Å²) in [6.45, 7) is 3.91. The molecule has 0 spiro atoms. The molecule has 32 heavy (non-hydrogen) atoms. The van der Waals surface area contributed by atoms with Crippen molar-refractivity contribution in [3.8, 4) is 22.9 Å². The number of phenolic OH excluding ortho intramolecular Hbond substituents is 1. The molecule has 0 aliphatic carbocycles. The van der Waals surface area contributed by atoms with Gasteiger partial charge < -0.3 is 9.84 Å². The van der Waals surface area contributed by atoms with Crippen LogP contribution in [-0.2, 0) is 10.0 Å². The van der Waals surface area contributed by atoms with E-state index < -0.39 is 21.3 Å². The minimum Gasteiger partial charge on any atom is -0.507 e. The average molecular weight is 590 g/mol. The molecular formula is C19H18Br2N4O6S. The molecule has 170 valence electrons. The Balaban J connectivity index is 2.01. The van der Waals surface area contributed by atoms with Crippen molar-refractivity contribution < 1.29 is 18.3 Å². The Bertz CT molecular complexity index is 1360. The number of phenols is 1. The summed E-state index contributed by atoms with van der Waals surface area (Å²) >= 11 is 6.73. The van der Waals surface area contributed by atoms with Crippen molar-refractivity contribution in [1.29, 1.82) is 0 Å². The van der Waals surface area contributed by atoms with E-state index in [4.69, 9.17) is 4.74 Å². The van der Waals surface area contributed by atoms with Crippen LogP contribution in [0.3, 0.4) is 0 Å². The SMILES string of the molecule is CCN(CC)S(=O)(=O)c1cc(Oc2c(Br)cc(-n3ncc(=O)[nH]c3=O)cc2Br)ccc1O. The van der Waals surface area contributed by atoms with Gasteiger partial charge in [-0.3, -0.25) is 9.78 Å². The smallest absolute Gasteiger partial charge is 0.349 e. The third kappa shape index (κ3) is 4.80. The summed E-state index contributed by atoms with van der Waals surface area (Å²) in [5.74, 6) is 0.0753. The average Bonchev–Trinajstić information content (AvgIpc) is 2.72. The molecule has 3 aromatic rings. The standard InChI is InChI=1S/C19H18Br2N4O6S/c1-3-24(4-2)32(29,30)16-9-12(5-6-15(16)26)31-18-13(20)7-11(8-14(18)21)25-19(28)23-17(27)10-22-25/h5-10,26H,3-4H2,1-2H3,(H,23,27,28). The number of H-pyrrole nitrogens is 1. The Morgan fingerprint density at radius 3 is 2.31 bits per heavy atom. The Labute approximate surface area is 199 Å². The number of sulfonamides is 1. The monoisotopic (exact) mass is 588 g/mol. The van der Waals surface area contributed by atoms with Gasteiger partial charge >= 0.3 is 5.69 Å². The summed E-state index contributed by atoms with van der Waals surface area (Å²) in [6.07, 6.45) is 0.974. The van der Waals surface area contributed by atoms with Gasteiger partial charge in [0.2, 0.25) is 10.0 Å². The van der Waals surface area contributed by atoms with E-state index in [2.05, 4.69) is 41.9 Å². The highest BCUT2D eigenvalue weighted by atomic mass is 79.9. The first-order valence-corrected chi connectivity index (χ1v) is 12.3. The predicted molar refractivity (Wildman–Crippen MR) is 124 cm³/mol. The first-order valence-electron chi connectivity index (χ1n) is 9.27. The molecule has 10 nitrogen and oxygen atoms in total. The maximum Gasteiger partial charge on any atom is 0.349 e. The topological polar surface area (TPSA) is 135 Å². The molecule has 0 radical (unpaired) electrons. The summed E-state index contributed by atoms with van der Waals surface area (Å²) in [4.78, 5) is 25.1. The number of aromatic nitrogens is 3. The zero-order valence-corrected chi connectivity index (χ0v) is 20.9. The maximum atomic E-state index is 12.8. The lowest BCUT2D eigenvalue weighted by Crippen LogP contribution is -2.30. The number of nitrogens with one attached hydrogen (secondary N) is 1. The summed E-state index contributed by atoms with van der Waals surface area (Å²) in [5.41, 5.74) is -0.991. The summed E-state index contributed by atoms with van der Waals surface area (Å²) in [5, 5.41) is 14.0. The first-order chi connectivity index (χ1) is 15.1. The van der Waals surface area contributed by atoms with Crippen LogP contribution in [0.1, 0.15) is 13.8 Å². The van der Waals surface area contributed by atoms with Crippen LogP contribution in [0, 0.1) is 0 Å². The molecule has 0 aliphatic rings. The number of ether oxygens (including phenoxy) is 1. The number of halogens is 2. The van der Waals surface area contributed by atoms with E-state index in [1.54, 1.807) is 26.0 Å². The first kappa shape index (κ1) is 24.2. The molecule has 0 amide bonds. The third-order valence-electron chi connectivity index (χ3n) is 4.41. The third-order valence-corrected chi connectivity index (χ3v) is 7.67. The highest BCUT2D eigenvalue weighted by Crippen LogP contribution is 2.40. The fourth-order valence-corrected chi connectivity index (χ4v) is 5.77. The van der Waals surface area contributed by atoms with E-state index >= 15 is 0 Å².